The van der Waals surface area contributed by atoms with Crippen molar-refractivity contribution < 1.29 is 15.1 Å². The van der Waals surface area contributed by atoms with Crippen LogP contribution in [0.4, 0.5) is 0 Å². The molecule has 0 bridgehead atoms. The maximum absolute atomic E-state index is 10.7. The van der Waals surface area contributed by atoms with E-state index in [1.54, 1.807) is 24.3 Å². The SMILES string of the molecule is O=[N+]([O-])C1=C/C(=C\Cc2ccc(O)cc2)CC(O)=C1. The second kappa shape index (κ2) is 5.39. The number of nitrogens with zero attached hydrogens (tertiary/aromatic N) is 1. The summed E-state index contributed by atoms with van der Waals surface area (Å²) in [5.74, 6) is 0.191. The predicted octanol–water partition coefficient (Wildman–Crippen LogP) is 2.87. The molecule has 1 aromatic rings. The Bertz CT molecular complexity index is 582. The van der Waals surface area contributed by atoms with Gasteiger partial charge in [-0.3, -0.25) is 10.1 Å². The lowest BCUT2D eigenvalue weighted by Gasteiger charge is -2.07. The van der Waals surface area contributed by atoms with E-state index >= 15 is 0 Å². The van der Waals surface area contributed by atoms with Crippen LogP contribution in [0.5, 0.6) is 5.75 Å². The quantitative estimate of drug-likeness (QED) is 0.645. The molecule has 0 unspecified atom stereocenters. The summed E-state index contributed by atoms with van der Waals surface area (Å²) in [4.78, 5) is 10.2. The molecule has 5 nitrogen and oxygen atoms in total. The summed E-state index contributed by atoms with van der Waals surface area (Å²) in [5.41, 5.74) is 1.58. The molecule has 1 aromatic carbocycles. The van der Waals surface area contributed by atoms with Crippen LogP contribution in [0.1, 0.15) is 12.0 Å². The van der Waals surface area contributed by atoms with Crippen molar-refractivity contribution in [3.8, 4) is 5.75 Å². The van der Waals surface area contributed by atoms with E-state index in [0.717, 1.165) is 11.6 Å². The second-order valence-corrected chi connectivity index (χ2v) is 4.29. The highest BCUT2D eigenvalue weighted by molar-refractivity contribution is 5.36. The predicted molar refractivity (Wildman–Crippen MR) is 70.3 cm³/mol. The molecule has 0 aromatic heterocycles. The van der Waals surface area contributed by atoms with E-state index < -0.39 is 4.92 Å². The highest BCUT2D eigenvalue weighted by atomic mass is 16.6. The van der Waals surface area contributed by atoms with Crippen LogP contribution in [0.25, 0.3) is 0 Å². The number of aliphatic hydroxyl groups excluding tert-OH is 1. The molecule has 0 saturated heterocycles. The van der Waals surface area contributed by atoms with E-state index in [9.17, 15) is 15.2 Å². The van der Waals surface area contributed by atoms with Crippen LogP contribution in [0, 0.1) is 10.1 Å². The molecular formula is C14H13NO4. The smallest absolute Gasteiger partial charge is 0.273 e. The van der Waals surface area contributed by atoms with Crippen molar-refractivity contribution in [2.45, 2.75) is 12.8 Å². The number of phenolic OH excluding ortho intramolecular Hbond substituents is 1. The number of nitro groups is 1. The summed E-state index contributed by atoms with van der Waals surface area (Å²) in [6.07, 6.45) is 5.34. The molecule has 1 aliphatic carbocycles. The Labute approximate surface area is 110 Å². The number of benzene rings is 1. The Morgan fingerprint density at radius 2 is 1.89 bits per heavy atom. The molecule has 0 aliphatic heterocycles. The normalized spacial score (nSPS) is 16.9. The summed E-state index contributed by atoms with van der Waals surface area (Å²) in [7, 11) is 0. The molecule has 1 aliphatic rings. The van der Waals surface area contributed by atoms with E-state index in [-0.39, 0.29) is 17.2 Å². The van der Waals surface area contributed by atoms with Gasteiger partial charge in [-0.25, -0.2) is 0 Å². The zero-order valence-corrected chi connectivity index (χ0v) is 10.1. The van der Waals surface area contributed by atoms with Gasteiger partial charge in [0.15, 0.2) is 0 Å². The van der Waals surface area contributed by atoms with Crippen LogP contribution in [0.2, 0.25) is 0 Å². The van der Waals surface area contributed by atoms with Crippen molar-refractivity contribution in [3.05, 3.63) is 75.2 Å². The van der Waals surface area contributed by atoms with Gasteiger partial charge in [-0.2, -0.15) is 0 Å². The van der Waals surface area contributed by atoms with E-state index in [2.05, 4.69) is 0 Å². The number of phenols is 1. The zero-order chi connectivity index (χ0) is 13.8. The summed E-state index contributed by atoms with van der Waals surface area (Å²) in [6.45, 7) is 0. The van der Waals surface area contributed by atoms with Crippen molar-refractivity contribution in [2.75, 3.05) is 0 Å². The summed E-state index contributed by atoms with van der Waals surface area (Å²) in [5, 5.41) is 29.3. The van der Waals surface area contributed by atoms with Gasteiger partial charge >= 0.3 is 0 Å². The third-order valence-corrected chi connectivity index (χ3v) is 2.78. The molecule has 0 radical (unpaired) electrons. The molecule has 0 spiro atoms. The highest BCUT2D eigenvalue weighted by Gasteiger charge is 2.16. The second-order valence-electron chi connectivity index (χ2n) is 4.29. The van der Waals surface area contributed by atoms with E-state index in [4.69, 9.17) is 5.11 Å². The molecule has 0 heterocycles. The van der Waals surface area contributed by atoms with Crippen LogP contribution >= 0.6 is 0 Å². The van der Waals surface area contributed by atoms with Crippen molar-refractivity contribution in [1.82, 2.24) is 0 Å². The minimum Gasteiger partial charge on any atom is -0.512 e. The average Bonchev–Trinajstić information content (AvgIpc) is 2.37. The fraction of sp³-hybridized carbons (Fsp3) is 0.143. The number of hydrogen-bond donors (Lipinski definition) is 2. The Kier molecular flexibility index (Phi) is 3.66. The third kappa shape index (κ3) is 3.45. The van der Waals surface area contributed by atoms with Crippen molar-refractivity contribution in [2.24, 2.45) is 0 Å². The van der Waals surface area contributed by atoms with Crippen LogP contribution in [-0.4, -0.2) is 15.1 Å². The van der Waals surface area contributed by atoms with Gasteiger partial charge in [0, 0.05) is 12.5 Å². The molecule has 2 N–H and O–H groups in total. The summed E-state index contributed by atoms with van der Waals surface area (Å²) >= 11 is 0. The summed E-state index contributed by atoms with van der Waals surface area (Å²) in [6, 6.07) is 6.74. The van der Waals surface area contributed by atoms with Crippen LogP contribution in [0.15, 0.2) is 59.5 Å². The van der Waals surface area contributed by atoms with Crippen LogP contribution in [-0.2, 0) is 6.42 Å². The Hall–Kier alpha value is -2.56. The Balaban J connectivity index is 2.14. The maximum atomic E-state index is 10.7. The Morgan fingerprint density at radius 3 is 2.53 bits per heavy atom. The van der Waals surface area contributed by atoms with Crippen molar-refractivity contribution in [1.29, 1.82) is 0 Å². The number of rotatable bonds is 3. The van der Waals surface area contributed by atoms with Gasteiger partial charge in [0.1, 0.15) is 11.5 Å². The lowest BCUT2D eigenvalue weighted by molar-refractivity contribution is -0.419. The van der Waals surface area contributed by atoms with Crippen molar-refractivity contribution in [3.63, 3.8) is 0 Å². The first kappa shape index (κ1) is 12.9. The number of aromatic hydroxyl groups is 1. The molecular weight excluding hydrogens is 246 g/mol. The lowest BCUT2D eigenvalue weighted by atomic mass is 10.0. The van der Waals surface area contributed by atoms with Gasteiger partial charge in [0.05, 0.1) is 11.0 Å². The maximum Gasteiger partial charge on any atom is 0.273 e. The van der Waals surface area contributed by atoms with E-state index in [1.807, 2.05) is 6.08 Å². The van der Waals surface area contributed by atoms with Gasteiger partial charge in [0.2, 0.25) is 0 Å². The fourth-order valence-electron chi connectivity index (χ4n) is 1.83. The third-order valence-electron chi connectivity index (χ3n) is 2.78. The highest BCUT2D eigenvalue weighted by Crippen LogP contribution is 2.21. The van der Waals surface area contributed by atoms with Crippen LogP contribution in [0.3, 0.4) is 0 Å². The van der Waals surface area contributed by atoms with Gasteiger partial charge in [-0.1, -0.05) is 18.2 Å². The van der Waals surface area contributed by atoms with E-state index in [1.165, 1.54) is 6.08 Å². The zero-order valence-electron chi connectivity index (χ0n) is 10.1. The topological polar surface area (TPSA) is 83.6 Å². The number of hydrogen-bond acceptors (Lipinski definition) is 4. The van der Waals surface area contributed by atoms with Gasteiger partial charge in [0.25, 0.3) is 5.70 Å². The molecule has 19 heavy (non-hydrogen) atoms. The van der Waals surface area contributed by atoms with Gasteiger partial charge < -0.3 is 10.2 Å². The van der Waals surface area contributed by atoms with Crippen LogP contribution < -0.4 is 0 Å². The fourth-order valence-corrected chi connectivity index (χ4v) is 1.83. The molecule has 0 amide bonds. The molecule has 5 heteroatoms. The van der Waals surface area contributed by atoms with Gasteiger partial charge in [-0.15, -0.1) is 0 Å². The monoisotopic (exact) mass is 259 g/mol. The molecule has 0 atom stereocenters. The van der Waals surface area contributed by atoms with Gasteiger partial charge in [-0.05, 0) is 29.7 Å². The Morgan fingerprint density at radius 1 is 1.21 bits per heavy atom. The average molecular weight is 259 g/mol. The first-order valence-corrected chi connectivity index (χ1v) is 5.77. The largest absolute Gasteiger partial charge is 0.512 e. The van der Waals surface area contributed by atoms with E-state index in [0.29, 0.717) is 18.4 Å². The minimum absolute atomic E-state index is 0.00819. The number of aliphatic hydroxyl groups is 1. The molecule has 0 fully saturated rings. The molecule has 0 saturated carbocycles. The lowest BCUT2D eigenvalue weighted by Crippen LogP contribution is -2.03. The first-order chi connectivity index (χ1) is 9.04. The minimum atomic E-state index is -0.524. The molecule has 2 rings (SSSR count). The van der Waals surface area contributed by atoms with Crippen molar-refractivity contribution >= 4 is 0 Å². The standard InChI is InChI=1S/C14H13NO4/c16-13-5-3-10(4-6-13)1-2-11-7-12(15(18)19)9-14(17)8-11/h2-7,9,16-17H,1,8H2/b11-2+. The first-order valence-electron chi connectivity index (χ1n) is 5.77. The molecule has 98 valence electrons. The number of allylic oxidation sites excluding steroid dienone is 4. The summed E-state index contributed by atoms with van der Waals surface area (Å²) < 4.78 is 0.